The van der Waals surface area contributed by atoms with Crippen molar-refractivity contribution < 1.29 is 4.79 Å². The predicted molar refractivity (Wildman–Crippen MR) is 90.0 cm³/mol. The van der Waals surface area contributed by atoms with Gasteiger partial charge in [-0.25, -0.2) is 0 Å². The van der Waals surface area contributed by atoms with Gasteiger partial charge in [-0.3, -0.25) is 9.48 Å². The Kier molecular flexibility index (Phi) is 4.08. The van der Waals surface area contributed by atoms with E-state index >= 15 is 0 Å². The van der Waals surface area contributed by atoms with Crippen LogP contribution in [0.2, 0.25) is 0 Å². The summed E-state index contributed by atoms with van der Waals surface area (Å²) in [5.41, 5.74) is 4.98. The first-order valence-electron chi connectivity index (χ1n) is 7.65. The minimum atomic E-state index is -0.0208. The van der Waals surface area contributed by atoms with Gasteiger partial charge in [0.05, 0.1) is 17.3 Å². The first kappa shape index (κ1) is 15.3. The third-order valence-electron chi connectivity index (χ3n) is 4.43. The second-order valence-electron chi connectivity index (χ2n) is 5.73. The van der Waals surface area contributed by atoms with Gasteiger partial charge in [-0.2, -0.15) is 5.10 Å². The SMILES string of the molecule is CCn1nc(C)c(C(=O)NC2CCc3c(Br)cccc32)c1C. The Morgan fingerprint density at radius 2 is 2.23 bits per heavy atom. The van der Waals surface area contributed by atoms with Crippen molar-refractivity contribution in [3.05, 3.63) is 50.8 Å². The maximum Gasteiger partial charge on any atom is 0.255 e. The maximum atomic E-state index is 12.7. The number of nitrogens with zero attached hydrogens (tertiary/aromatic N) is 2. The molecule has 1 amide bonds. The van der Waals surface area contributed by atoms with E-state index in [-0.39, 0.29) is 11.9 Å². The lowest BCUT2D eigenvalue weighted by atomic mass is 10.1. The highest BCUT2D eigenvalue weighted by atomic mass is 79.9. The third kappa shape index (κ3) is 2.47. The fourth-order valence-electron chi connectivity index (χ4n) is 3.32. The van der Waals surface area contributed by atoms with Crippen LogP contribution in [0.3, 0.4) is 0 Å². The average molecular weight is 362 g/mol. The number of hydrogen-bond acceptors (Lipinski definition) is 2. The molecule has 1 heterocycles. The molecule has 0 spiro atoms. The highest BCUT2D eigenvalue weighted by Crippen LogP contribution is 2.35. The Balaban J connectivity index is 1.86. The molecule has 1 aromatic carbocycles. The van der Waals surface area contributed by atoms with Crippen molar-refractivity contribution in [3.63, 3.8) is 0 Å². The summed E-state index contributed by atoms with van der Waals surface area (Å²) in [6.07, 6.45) is 1.94. The van der Waals surface area contributed by atoms with E-state index in [0.29, 0.717) is 5.56 Å². The van der Waals surface area contributed by atoms with Crippen molar-refractivity contribution in [2.75, 3.05) is 0 Å². The van der Waals surface area contributed by atoms with Crippen LogP contribution in [0.15, 0.2) is 22.7 Å². The molecule has 116 valence electrons. The van der Waals surface area contributed by atoms with Crippen LogP contribution in [-0.4, -0.2) is 15.7 Å². The summed E-state index contributed by atoms with van der Waals surface area (Å²) < 4.78 is 3.01. The van der Waals surface area contributed by atoms with Crippen LogP contribution < -0.4 is 5.32 Å². The topological polar surface area (TPSA) is 46.9 Å². The lowest BCUT2D eigenvalue weighted by Gasteiger charge is -2.14. The van der Waals surface area contributed by atoms with E-state index < -0.39 is 0 Å². The van der Waals surface area contributed by atoms with E-state index in [0.717, 1.165) is 35.2 Å². The molecule has 22 heavy (non-hydrogen) atoms. The second-order valence-corrected chi connectivity index (χ2v) is 6.59. The lowest BCUT2D eigenvalue weighted by Crippen LogP contribution is -2.28. The van der Waals surface area contributed by atoms with Crippen molar-refractivity contribution in [1.82, 2.24) is 15.1 Å². The molecule has 0 saturated heterocycles. The zero-order chi connectivity index (χ0) is 15.9. The fraction of sp³-hybridized carbons (Fsp3) is 0.412. The quantitative estimate of drug-likeness (QED) is 0.905. The van der Waals surface area contributed by atoms with Crippen LogP contribution >= 0.6 is 15.9 Å². The Morgan fingerprint density at radius 1 is 1.45 bits per heavy atom. The first-order chi connectivity index (χ1) is 10.5. The summed E-state index contributed by atoms with van der Waals surface area (Å²) in [4.78, 5) is 12.7. The van der Waals surface area contributed by atoms with Crippen molar-refractivity contribution in [2.45, 2.75) is 46.2 Å². The van der Waals surface area contributed by atoms with E-state index in [2.05, 4.69) is 38.5 Å². The number of carbonyl (C=O) groups is 1. The van der Waals surface area contributed by atoms with Crippen LogP contribution in [-0.2, 0) is 13.0 Å². The summed E-state index contributed by atoms with van der Waals surface area (Å²) in [5, 5.41) is 7.62. The molecule has 0 aliphatic heterocycles. The molecule has 1 aliphatic rings. The zero-order valence-electron chi connectivity index (χ0n) is 13.1. The molecule has 1 unspecified atom stereocenters. The van der Waals surface area contributed by atoms with Gasteiger partial charge in [-0.05, 0) is 50.8 Å². The van der Waals surface area contributed by atoms with E-state index in [1.165, 1.54) is 11.1 Å². The van der Waals surface area contributed by atoms with Crippen LogP contribution in [0.1, 0.15) is 52.3 Å². The zero-order valence-corrected chi connectivity index (χ0v) is 14.7. The predicted octanol–water partition coefficient (Wildman–Crippen LogP) is 3.70. The van der Waals surface area contributed by atoms with Crippen molar-refractivity contribution >= 4 is 21.8 Å². The smallest absolute Gasteiger partial charge is 0.255 e. The van der Waals surface area contributed by atoms with Gasteiger partial charge in [0.15, 0.2) is 0 Å². The van der Waals surface area contributed by atoms with Gasteiger partial charge in [0.1, 0.15) is 0 Å². The molecule has 4 nitrogen and oxygen atoms in total. The molecule has 2 aromatic rings. The minimum absolute atomic E-state index is 0.0208. The molecule has 0 saturated carbocycles. The fourth-order valence-corrected chi connectivity index (χ4v) is 3.90. The van der Waals surface area contributed by atoms with Gasteiger partial charge in [-0.1, -0.05) is 28.1 Å². The van der Waals surface area contributed by atoms with E-state index in [1.807, 2.05) is 31.5 Å². The lowest BCUT2D eigenvalue weighted by molar-refractivity contribution is 0.0935. The highest BCUT2D eigenvalue weighted by molar-refractivity contribution is 9.10. The molecule has 0 bridgehead atoms. The van der Waals surface area contributed by atoms with Crippen molar-refractivity contribution in [2.24, 2.45) is 0 Å². The summed E-state index contributed by atoms with van der Waals surface area (Å²) >= 11 is 3.60. The second kappa shape index (κ2) is 5.88. The van der Waals surface area contributed by atoms with E-state index in [4.69, 9.17) is 0 Å². The normalized spacial score (nSPS) is 16.6. The van der Waals surface area contributed by atoms with Crippen molar-refractivity contribution in [3.8, 4) is 0 Å². The van der Waals surface area contributed by atoms with Gasteiger partial charge >= 0.3 is 0 Å². The average Bonchev–Trinajstić information content (AvgIpc) is 3.01. The molecule has 1 N–H and O–H groups in total. The molecule has 1 aromatic heterocycles. The maximum absolute atomic E-state index is 12.7. The van der Waals surface area contributed by atoms with Gasteiger partial charge < -0.3 is 5.32 Å². The minimum Gasteiger partial charge on any atom is -0.345 e. The van der Waals surface area contributed by atoms with Gasteiger partial charge in [-0.15, -0.1) is 0 Å². The molecule has 0 fully saturated rings. The summed E-state index contributed by atoms with van der Waals surface area (Å²) in [6, 6.07) is 6.28. The van der Waals surface area contributed by atoms with Crippen LogP contribution in [0, 0.1) is 13.8 Å². The van der Waals surface area contributed by atoms with Gasteiger partial charge in [0.25, 0.3) is 5.91 Å². The van der Waals surface area contributed by atoms with Crippen LogP contribution in [0.5, 0.6) is 0 Å². The van der Waals surface area contributed by atoms with E-state index in [9.17, 15) is 4.79 Å². The number of rotatable bonds is 3. The van der Waals surface area contributed by atoms with Crippen molar-refractivity contribution in [1.29, 1.82) is 0 Å². The number of halogens is 1. The van der Waals surface area contributed by atoms with Crippen LogP contribution in [0.4, 0.5) is 0 Å². The third-order valence-corrected chi connectivity index (χ3v) is 5.17. The Labute approximate surface area is 139 Å². The molecule has 1 aliphatic carbocycles. The Bertz CT molecular complexity index is 736. The number of amides is 1. The Morgan fingerprint density at radius 3 is 2.91 bits per heavy atom. The number of fused-ring (bicyclic) bond motifs is 1. The number of aryl methyl sites for hydroxylation is 2. The molecule has 3 rings (SSSR count). The number of nitrogens with one attached hydrogen (secondary N) is 1. The summed E-state index contributed by atoms with van der Waals surface area (Å²) in [5.74, 6) is -0.0208. The number of hydrogen-bond donors (Lipinski definition) is 1. The molecular formula is C17H20BrN3O. The Hall–Kier alpha value is -1.62. The highest BCUT2D eigenvalue weighted by Gasteiger charge is 2.27. The number of aromatic nitrogens is 2. The largest absolute Gasteiger partial charge is 0.345 e. The first-order valence-corrected chi connectivity index (χ1v) is 8.44. The number of benzene rings is 1. The summed E-state index contributed by atoms with van der Waals surface area (Å²) in [7, 11) is 0. The van der Waals surface area contributed by atoms with E-state index in [1.54, 1.807) is 0 Å². The van der Waals surface area contributed by atoms with Gasteiger partial charge in [0.2, 0.25) is 0 Å². The van der Waals surface area contributed by atoms with Gasteiger partial charge in [0, 0.05) is 16.7 Å². The molecular weight excluding hydrogens is 342 g/mol. The van der Waals surface area contributed by atoms with Crippen LogP contribution in [0.25, 0.3) is 0 Å². The monoisotopic (exact) mass is 361 g/mol. The number of carbonyl (C=O) groups excluding carboxylic acids is 1. The molecule has 0 radical (unpaired) electrons. The summed E-state index contributed by atoms with van der Waals surface area (Å²) in [6.45, 7) is 6.66. The standard InChI is InChI=1S/C17H20BrN3O/c1-4-21-11(3)16(10(2)20-21)17(22)19-15-9-8-12-13(15)6-5-7-14(12)18/h5-7,15H,4,8-9H2,1-3H3,(H,19,22). The molecule has 1 atom stereocenters. The molecule has 5 heteroatoms.